The van der Waals surface area contributed by atoms with Gasteiger partial charge in [0.05, 0.1) is 11.5 Å². The van der Waals surface area contributed by atoms with Gasteiger partial charge < -0.3 is 10.1 Å². The normalized spacial score (nSPS) is 23.9. The lowest BCUT2D eigenvalue weighted by Gasteiger charge is -2.18. The SMILES string of the molecule is C[C@H]1CCc2sc3nc(NC[C@@H]4CCCO4)n4ncnc4c3c2C1. The summed E-state index contributed by atoms with van der Waals surface area (Å²) in [6, 6.07) is 0. The molecule has 0 bridgehead atoms. The Morgan fingerprint density at radius 2 is 2.38 bits per heavy atom. The molecular formula is C17H21N5OS. The molecule has 1 N–H and O–H groups in total. The van der Waals surface area contributed by atoms with Crippen LogP contribution in [-0.4, -0.2) is 38.8 Å². The molecule has 2 aliphatic rings. The van der Waals surface area contributed by atoms with Crippen LogP contribution in [0.3, 0.4) is 0 Å². The second-order valence-corrected chi connectivity index (χ2v) is 8.06. The standard InChI is InChI=1S/C17H21N5OS/c1-10-4-5-13-12(7-10)14-15-19-9-20-22(15)17(21-16(14)24-13)18-8-11-3-2-6-23-11/h9-11H,2-8H2,1H3,(H,18,21)/t10-,11-/m0/s1. The van der Waals surface area contributed by atoms with E-state index in [-0.39, 0.29) is 6.10 Å². The molecule has 0 saturated carbocycles. The Morgan fingerprint density at radius 1 is 1.42 bits per heavy atom. The lowest BCUT2D eigenvalue weighted by molar-refractivity contribution is 0.120. The fraction of sp³-hybridized carbons (Fsp3) is 0.588. The molecule has 1 fully saturated rings. The van der Waals surface area contributed by atoms with Gasteiger partial charge in [0.15, 0.2) is 5.65 Å². The van der Waals surface area contributed by atoms with Gasteiger partial charge in [-0.15, -0.1) is 11.3 Å². The summed E-state index contributed by atoms with van der Waals surface area (Å²) in [6.07, 6.45) is 7.72. The number of hydrogen-bond acceptors (Lipinski definition) is 6. The van der Waals surface area contributed by atoms with Crippen molar-refractivity contribution in [3.63, 3.8) is 0 Å². The highest BCUT2D eigenvalue weighted by molar-refractivity contribution is 7.19. The highest BCUT2D eigenvalue weighted by atomic mass is 32.1. The van der Waals surface area contributed by atoms with E-state index in [9.17, 15) is 0 Å². The van der Waals surface area contributed by atoms with Crippen molar-refractivity contribution in [2.75, 3.05) is 18.5 Å². The molecule has 0 radical (unpaired) electrons. The average Bonchev–Trinajstić information content (AvgIpc) is 3.30. The first-order valence-electron chi connectivity index (χ1n) is 8.79. The molecule has 126 valence electrons. The number of nitrogens with one attached hydrogen (secondary N) is 1. The molecule has 0 unspecified atom stereocenters. The summed E-state index contributed by atoms with van der Waals surface area (Å²) < 4.78 is 7.55. The molecule has 6 nitrogen and oxygen atoms in total. The number of aromatic nitrogens is 4. The number of anilines is 1. The summed E-state index contributed by atoms with van der Waals surface area (Å²) in [5.74, 6) is 1.51. The number of nitrogens with zero attached hydrogens (tertiary/aromatic N) is 4. The minimum Gasteiger partial charge on any atom is -0.376 e. The summed E-state index contributed by atoms with van der Waals surface area (Å²) >= 11 is 1.83. The smallest absolute Gasteiger partial charge is 0.227 e. The molecule has 5 rings (SSSR count). The van der Waals surface area contributed by atoms with Gasteiger partial charge in [-0.1, -0.05) is 6.92 Å². The van der Waals surface area contributed by atoms with Gasteiger partial charge in [-0.3, -0.25) is 0 Å². The molecule has 1 saturated heterocycles. The number of thiophene rings is 1. The third-order valence-corrected chi connectivity index (χ3v) is 6.37. The fourth-order valence-electron chi connectivity index (χ4n) is 3.89. The molecule has 0 spiro atoms. The predicted octanol–water partition coefficient (Wildman–Crippen LogP) is 3.05. The van der Waals surface area contributed by atoms with Gasteiger partial charge in [0, 0.05) is 18.0 Å². The zero-order valence-electron chi connectivity index (χ0n) is 13.8. The van der Waals surface area contributed by atoms with Gasteiger partial charge in [0.1, 0.15) is 11.2 Å². The van der Waals surface area contributed by atoms with Crippen molar-refractivity contribution in [1.29, 1.82) is 0 Å². The summed E-state index contributed by atoms with van der Waals surface area (Å²) in [5.41, 5.74) is 2.38. The van der Waals surface area contributed by atoms with E-state index in [1.54, 1.807) is 6.33 Å². The highest BCUT2D eigenvalue weighted by Crippen LogP contribution is 2.39. The van der Waals surface area contributed by atoms with E-state index >= 15 is 0 Å². The summed E-state index contributed by atoms with van der Waals surface area (Å²) in [4.78, 5) is 12.0. The number of rotatable bonds is 3. The molecule has 2 atom stereocenters. The lowest BCUT2D eigenvalue weighted by Crippen LogP contribution is -2.20. The number of aryl methyl sites for hydroxylation is 1. The van der Waals surface area contributed by atoms with Crippen LogP contribution in [0.1, 0.15) is 36.6 Å². The monoisotopic (exact) mass is 343 g/mol. The topological polar surface area (TPSA) is 64.3 Å². The van der Waals surface area contributed by atoms with Crippen LogP contribution in [-0.2, 0) is 17.6 Å². The zero-order chi connectivity index (χ0) is 16.1. The summed E-state index contributed by atoms with van der Waals surface area (Å²) in [7, 11) is 0. The van der Waals surface area contributed by atoms with Crippen molar-refractivity contribution in [2.45, 2.75) is 45.1 Å². The maximum atomic E-state index is 5.70. The molecular weight excluding hydrogens is 322 g/mol. The minimum absolute atomic E-state index is 0.276. The van der Waals surface area contributed by atoms with E-state index in [0.29, 0.717) is 0 Å². The first kappa shape index (κ1) is 14.6. The Balaban J connectivity index is 1.59. The third kappa shape index (κ3) is 2.29. The van der Waals surface area contributed by atoms with Crippen LogP contribution >= 0.6 is 11.3 Å². The average molecular weight is 343 g/mol. The Bertz CT molecular complexity index is 895. The molecule has 7 heteroatoms. The predicted molar refractivity (Wildman–Crippen MR) is 94.8 cm³/mol. The highest BCUT2D eigenvalue weighted by Gasteiger charge is 2.25. The van der Waals surface area contributed by atoms with Crippen LogP contribution in [0.25, 0.3) is 15.9 Å². The van der Waals surface area contributed by atoms with Crippen LogP contribution < -0.4 is 5.32 Å². The maximum Gasteiger partial charge on any atom is 0.227 e. The van der Waals surface area contributed by atoms with Crippen molar-refractivity contribution in [2.24, 2.45) is 5.92 Å². The Hall–Kier alpha value is -1.73. The summed E-state index contributed by atoms with van der Waals surface area (Å²) in [6.45, 7) is 3.97. The largest absolute Gasteiger partial charge is 0.376 e. The fourth-order valence-corrected chi connectivity index (χ4v) is 5.10. The van der Waals surface area contributed by atoms with Crippen LogP contribution in [0, 0.1) is 5.92 Å². The molecule has 3 aromatic heterocycles. The molecule has 0 amide bonds. The van der Waals surface area contributed by atoms with Crippen molar-refractivity contribution in [3.8, 4) is 0 Å². The van der Waals surface area contributed by atoms with E-state index < -0.39 is 0 Å². The van der Waals surface area contributed by atoms with Crippen molar-refractivity contribution < 1.29 is 4.74 Å². The Labute approximate surface area is 144 Å². The third-order valence-electron chi connectivity index (χ3n) is 5.18. The Morgan fingerprint density at radius 3 is 3.25 bits per heavy atom. The van der Waals surface area contributed by atoms with Crippen LogP contribution in [0.15, 0.2) is 6.33 Å². The molecule has 3 aromatic rings. The van der Waals surface area contributed by atoms with Crippen LogP contribution in [0.5, 0.6) is 0 Å². The lowest BCUT2D eigenvalue weighted by atomic mass is 9.89. The van der Waals surface area contributed by atoms with E-state index in [1.165, 1.54) is 22.2 Å². The van der Waals surface area contributed by atoms with E-state index in [4.69, 9.17) is 9.72 Å². The molecule has 24 heavy (non-hydrogen) atoms. The van der Waals surface area contributed by atoms with Gasteiger partial charge in [-0.2, -0.15) is 9.61 Å². The van der Waals surface area contributed by atoms with Crippen molar-refractivity contribution in [1.82, 2.24) is 19.6 Å². The van der Waals surface area contributed by atoms with E-state index in [0.717, 1.165) is 61.2 Å². The van der Waals surface area contributed by atoms with Gasteiger partial charge >= 0.3 is 0 Å². The molecule has 1 aliphatic carbocycles. The number of hydrogen-bond donors (Lipinski definition) is 1. The van der Waals surface area contributed by atoms with Crippen LogP contribution in [0.2, 0.25) is 0 Å². The van der Waals surface area contributed by atoms with Gasteiger partial charge in [0.25, 0.3) is 0 Å². The second kappa shape index (κ2) is 5.67. The van der Waals surface area contributed by atoms with Gasteiger partial charge in [-0.05, 0) is 43.6 Å². The number of fused-ring (bicyclic) bond motifs is 5. The van der Waals surface area contributed by atoms with Crippen molar-refractivity contribution in [3.05, 3.63) is 16.8 Å². The maximum absolute atomic E-state index is 5.70. The number of ether oxygens (including phenoxy) is 1. The molecule has 4 heterocycles. The zero-order valence-corrected chi connectivity index (χ0v) is 14.6. The van der Waals surface area contributed by atoms with Crippen LogP contribution in [0.4, 0.5) is 5.95 Å². The first-order chi connectivity index (χ1) is 11.8. The summed E-state index contributed by atoms with van der Waals surface area (Å²) in [5, 5.41) is 9.04. The van der Waals surface area contributed by atoms with Gasteiger partial charge in [0.2, 0.25) is 5.95 Å². The Kier molecular flexibility index (Phi) is 3.45. The van der Waals surface area contributed by atoms with E-state index in [2.05, 4.69) is 22.3 Å². The second-order valence-electron chi connectivity index (χ2n) is 6.98. The van der Waals surface area contributed by atoms with Gasteiger partial charge in [-0.25, -0.2) is 9.97 Å². The molecule has 1 aliphatic heterocycles. The quantitative estimate of drug-likeness (QED) is 0.792. The minimum atomic E-state index is 0.276. The van der Waals surface area contributed by atoms with E-state index in [1.807, 2.05) is 15.9 Å². The first-order valence-corrected chi connectivity index (χ1v) is 9.60. The molecule has 0 aromatic carbocycles. The van der Waals surface area contributed by atoms with Crippen molar-refractivity contribution >= 4 is 33.1 Å².